The fourth-order valence-corrected chi connectivity index (χ4v) is 0.622. The Balaban J connectivity index is 3.12. The topological polar surface area (TPSA) is 25.2 Å². The van der Waals surface area contributed by atoms with E-state index >= 15 is 0 Å². The van der Waals surface area contributed by atoms with E-state index in [1.807, 2.05) is 0 Å². The highest BCUT2D eigenvalue weighted by Crippen LogP contribution is 2.05. The van der Waals surface area contributed by atoms with Crippen LogP contribution in [0.2, 0.25) is 0 Å². The highest BCUT2D eigenvalue weighted by atomic mass is 79.9. The van der Waals surface area contributed by atoms with Crippen LogP contribution >= 0.6 is 15.9 Å². The fourth-order valence-electron chi connectivity index (χ4n) is 0.352. The van der Waals surface area contributed by atoms with E-state index in [4.69, 9.17) is 5.21 Å². The molecule has 0 saturated carbocycles. The quantitative estimate of drug-likeness (QED) is 0.574. The van der Waals surface area contributed by atoms with Crippen LogP contribution in [0.15, 0.2) is 22.9 Å². The third-order valence-corrected chi connectivity index (χ3v) is 1.31. The maximum atomic E-state index is 8.63. The zero-order valence-corrected chi connectivity index (χ0v) is 5.09. The predicted molar refractivity (Wildman–Crippen MR) is 29.3 cm³/mol. The minimum absolute atomic E-state index is 0.674. The Kier molecular flexibility index (Phi) is 1.06. The predicted octanol–water partition coefficient (Wildman–Crippen LogP) is 1.49. The minimum Gasteiger partial charge on any atom is -0.428 e. The second kappa shape index (κ2) is 1.58. The molecule has 0 atom stereocenters. The first kappa shape index (κ1) is 4.71. The summed E-state index contributed by atoms with van der Waals surface area (Å²) in [5.41, 5.74) is 0. The van der Waals surface area contributed by atoms with Crippen LogP contribution in [-0.2, 0) is 0 Å². The number of hydrogen-bond acceptors (Lipinski definition) is 1. The molecule has 0 aliphatic rings. The van der Waals surface area contributed by atoms with Crippen molar-refractivity contribution in [1.29, 1.82) is 0 Å². The normalized spacial score (nSPS) is 9.29. The maximum Gasteiger partial charge on any atom is 0.122 e. The maximum absolute atomic E-state index is 8.63. The van der Waals surface area contributed by atoms with Gasteiger partial charge >= 0.3 is 0 Å². The molecule has 7 heavy (non-hydrogen) atoms. The van der Waals surface area contributed by atoms with Crippen LogP contribution in [0, 0.1) is 0 Å². The van der Waals surface area contributed by atoms with Crippen molar-refractivity contribution in [3.05, 3.63) is 22.9 Å². The summed E-state index contributed by atoms with van der Waals surface area (Å²) in [4.78, 5) is 0. The molecule has 1 heterocycles. The molecule has 0 spiro atoms. The molecule has 0 saturated heterocycles. The van der Waals surface area contributed by atoms with E-state index in [0.717, 1.165) is 4.73 Å². The van der Waals surface area contributed by atoms with Gasteiger partial charge in [0, 0.05) is 6.20 Å². The first-order chi connectivity index (χ1) is 3.30. The molecule has 2 nitrogen and oxygen atoms in total. The molecule has 0 amide bonds. The lowest BCUT2D eigenvalue weighted by atomic mass is 10.7. The summed E-state index contributed by atoms with van der Waals surface area (Å²) in [6, 6.07) is 3.49. The average Bonchev–Trinajstić information content (AvgIpc) is 1.91. The van der Waals surface area contributed by atoms with E-state index < -0.39 is 0 Å². The molecule has 1 aromatic rings. The minimum atomic E-state index is 0.674. The zero-order valence-electron chi connectivity index (χ0n) is 3.50. The smallest absolute Gasteiger partial charge is 0.122 e. The lowest BCUT2D eigenvalue weighted by Crippen LogP contribution is -1.83. The second-order valence-corrected chi connectivity index (χ2v) is 1.99. The van der Waals surface area contributed by atoms with E-state index in [2.05, 4.69) is 15.9 Å². The molecule has 0 bridgehead atoms. The van der Waals surface area contributed by atoms with E-state index in [9.17, 15) is 0 Å². The molecule has 0 radical (unpaired) electrons. The van der Waals surface area contributed by atoms with Crippen molar-refractivity contribution in [1.82, 2.24) is 4.73 Å². The highest BCUT2D eigenvalue weighted by Gasteiger charge is 1.87. The molecule has 38 valence electrons. The average molecular weight is 162 g/mol. The second-order valence-electron chi connectivity index (χ2n) is 1.18. The zero-order chi connectivity index (χ0) is 5.28. The van der Waals surface area contributed by atoms with E-state index in [1.54, 1.807) is 18.3 Å². The van der Waals surface area contributed by atoms with Crippen LogP contribution < -0.4 is 0 Å². The SMILES string of the molecule is On1cccc1Br. The van der Waals surface area contributed by atoms with Crippen LogP contribution in [0.1, 0.15) is 0 Å². The molecule has 1 N–H and O–H groups in total. The van der Waals surface area contributed by atoms with Gasteiger partial charge in [-0.25, -0.2) is 0 Å². The van der Waals surface area contributed by atoms with Crippen molar-refractivity contribution < 1.29 is 5.21 Å². The Morgan fingerprint density at radius 1 is 1.71 bits per heavy atom. The van der Waals surface area contributed by atoms with Crippen molar-refractivity contribution in [2.24, 2.45) is 0 Å². The highest BCUT2D eigenvalue weighted by molar-refractivity contribution is 9.10. The molecule has 0 aliphatic heterocycles. The van der Waals surface area contributed by atoms with E-state index in [1.165, 1.54) is 0 Å². The first-order valence-corrected chi connectivity index (χ1v) is 2.62. The number of nitrogens with zero attached hydrogens (tertiary/aromatic N) is 1. The Morgan fingerprint density at radius 3 is 2.57 bits per heavy atom. The Hall–Kier alpha value is -0.440. The van der Waals surface area contributed by atoms with Gasteiger partial charge in [0.15, 0.2) is 0 Å². The molecular formula is C4H4BrNO. The summed E-state index contributed by atoms with van der Waals surface area (Å²) < 4.78 is 1.67. The number of aromatic nitrogens is 1. The van der Waals surface area contributed by atoms with Crippen LogP contribution in [0.25, 0.3) is 0 Å². The van der Waals surface area contributed by atoms with Crippen molar-refractivity contribution in [3.63, 3.8) is 0 Å². The molecule has 0 fully saturated rings. The van der Waals surface area contributed by atoms with Crippen LogP contribution in [0.4, 0.5) is 0 Å². The number of hydrogen-bond donors (Lipinski definition) is 1. The van der Waals surface area contributed by atoms with Gasteiger partial charge in [0.25, 0.3) is 0 Å². The summed E-state index contributed by atoms with van der Waals surface area (Å²) in [5.74, 6) is 0. The third-order valence-electron chi connectivity index (χ3n) is 0.680. The summed E-state index contributed by atoms with van der Waals surface area (Å²) in [7, 11) is 0. The molecule has 0 aliphatic carbocycles. The number of rotatable bonds is 0. The van der Waals surface area contributed by atoms with Crippen molar-refractivity contribution >= 4 is 15.9 Å². The lowest BCUT2D eigenvalue weighted by Gasteiger charge is -1.86. The van der Waals surface area contributed by atoms with Gasteiger partial charge in [0.2, 0.25) is 0 Å². The molecule has 0 unspecified atom stereocenters. The Morgan fingerprint density at radius 2 is 2.43 bits per heavy atom. The Labute approximate surface area is 49.5 Å². The largest absolute Gasteiger partial charge is 0.428 e. The fraction of sp³-hybridized carbons (Fsp3) is 0. The van der Waals surface area contributed by atoms with Gasteiger partial charge in [0.1, 0.15) is 4.60 Å². The first-order valence-electron chi connectivity index (χ1n) is 1.83. The van der Waals surface area contributed by atoms with Gasteiger partial charge in [-0.2, -0.15) is 4.73 Å². The van der Waals surface area contributed by atoms with Crippen molar-refractivity contribution in [2.45, 2.75) is 0 Å². The number of halogens is 1. The van der Waals surface area contributed by atoms with Crippen LogP contribution in [0.5, 0.6) is 0 Å². The van der Waals surface area contributed by atoms with Crippen LogP contribution in [-0.4, -0.2) is 9.94 Å². The standard InChI is InChI=1S/C4H4BrNO/c5-4-2-1-3-6(4)7/h1-3,7H. The van der Waals surface area contributed by atoms with Gasteiger partial charge in [-0.1, -0.05) is 0 Å². The summed E-state index contributed by atoms with van der Waals surface area (Å²) >= 11 is 3.08. The Bertz CT molecular complexity index is 144. The molecule has 1 rings (SSSR count). The van der Waals surface area contributed by atoms with Crippen molar-refractivity contribution in [3.8, 4) is 0 Å². The van der Waals surface area contributed by atoms with Gasteiger partial charge in [-0.3, -0.25) is 0 Å². The van der Waals surface area contributed by atoms with E-state index in [0.29, 0.717) is 4.60 Å². The molecule has 1 aromatic heterocycles. The summed E-state index contributed by atoms with van der Waals surface area (Å²) in [6.45, 7) is 0. The summed E-state index contributed by atoms with van der Waals surface area (Å²) in [5, 5.41) is 8.63. The summed E-state index contributed by atoms with van der Waals surface area (Å²) in [6.07, 6.45) is 1.55. The van der Waals surface area contributed by atoms with Gasteiger partial charge in [-0.05, 0) is 28.1 Å². The van der Waals surface area contributed by atoms with Crippen molar-refractivity contribution in [2.75, 3.05) is 0 Å². The van der Waals surface area contributed by atoms with E-state index in [-0.39, 0.29) is 0 Å². The molecule has 3 heteroatoms. The molecular weight excluding hydrogens is 158 g/mol. The van der Waals surface area contributed by atoms with Gasteiger partial charge < -0.3 is 5.21 Å². The lowest BCUT2D eigenvalue weighted by molar-refractivity contribution is 0.181. The molecule has 0 aromatic carbocycles. The van der Waals surface area contributed by atoms with Crippen LogP contribution in [0.3, 0.4) is 0 Å². The van der Waals surface area contributed by atoms with Gasteiger partial charge in [-0.15, -0.1) is 0 Å². The third kappa shape index (κ3) is 0.771. The monoisotopic (exact) mass is 161 g/mol. The van der Waals surface area contributed by atoms with Gasteiger partial charge in [0.05, 0.1) is 0 Å².